The Morgan fingerprint density at radius 3 is 2.35 bits per heavy atom. The number of aryl methyl sites for hydroxylation is 1. The van der Waals surface area contributed by atoms with Crippen LogP contribution < -0.4 is 4.72 Å². The molecule has 2 atom stereocenters. The number of nitrogens with zero attached hydrogens (tertiary/aromatic N) is 5. The second-order valence-corrected chi connectivity index (χ2v) is 13.3. The minimum atomic E-state index is -4.72. The van der Waals surface area contributed by atoms with Gasteiger partial charge >= 0.3 is 18.4 Å². The van der Waals surface area contributed by atoms with E-state index in [9.17, 15) is 36.4 Å². The van der Waals surface area contributed by atoms with E-state index in [1.165, 1.54) is 19.1 Å². The molecule has 2 heterocycles. The molecule has 0 spiro atoms. The van der Waals surface area contributed by atoms with E-state index in [0.717, 1.165) is 33.5 Å². The van der Waals surface area contributed by atoms with Crippen LogP contribution in [0.5, 0.6) is 0 Å². The third-order valence-electron chi connectivity index (χ3n) is 6.51. The van der Waals surface area contributed by atoms with E-state index in [4.69, 9.17) is 19.0 Å². The van der Waals surface area contributed by atoms with Gasteiger partial charge in [-0.3, -0.25) is 4.84 Å². The zero-order valence-corrected chi connectivity index (χ0v) is 27.2. The van der Waals surface area contributed by atoms with Crippen LogP contribution in [-0.2, 0) is 35.2 Å². The van der Waals surface area contributed by atoms with E-state index in [1.807, 2.05) is 6.92 Å². The molecule has 1 aliphatic rings. The van der Waals surface area contributed by atoms with Crippen molar-refractivity contribution in [1.82, 2.24) is 19.5 Å². The van der Waals surface area contributed by atoms with Gasteiger partial charge in [0, 0.05) is 18.9 Å². The SMILES string of the molecule is Cc1ccc(-c2cc(C(F)(F)F)nn2-c2ccc(S(=O)(=O)NC(=O)OC3CCN(/[N+]([O-])=N/OC(C)OC(=O)OC(C)(C)C)C3)cc2)cc1. The van der Waals surface area contributed by atoms with Gasteiger partial charge in [-0.1, -0.05) is 29.8 Å². The summed E-state index contributed by atoms with van der Waals surface area (Å²) in [5.74, 6) is 0. The number of hydrogen-bond donors (Lipinski definition) is 1. The van der Waals surface area contributed by atoms with Gasteiger partial charge in [-0.2, -0.15) is 18.3 Å². The average Bonchev–Trinajstić information content (AvgIpc) is 3.63. The fourth-order valence-electron chi connectivity index (χ4n) is 4.31. The maximum atomic E-state index is 13.5. The molecule has 0 radical (unpaired) electrons. The van der Waals surface area contributed by atoms with Crippen LogP contribution in [0.3, 0.4) is 0 Å². The summed E-state index contributed by atoms with van der Waals surface area (Å²) in [4.78, 5) is 28.6. The molecule has 15 nitrogen and oxygen atoms in total. The summed E-state index contributed by atoms with van der Waals surface area (Å²) in [5, 5.41) is 20.3. The quantitative estimate of drug-likeness (QED) is 0.0987. The number of alkyl halides is 3. The maximum absolute atomic E-state index is 13.5. The Morgan fingerprint density at radius 2 is 1.75 bits per heavy atom. The lowest BCUT2D eigenvalue weighted by Gasteiger charge is -2.20. The lowest BCUT2D eigenvalue weighted by atomic mass is 10.1. The van der Waals surface area contributed by atoms with Crippen molar-refractivity contribution < 1.29 is 55.2 Å². The van der Waals surface area contributed by atoms with Crippen molar-refractivity contribution in [2.24, 2.45) is 5.28 Å². The zero-order valence-electron chi connectivity index (χ0n) is 26.4. The first-order valence-electron chi connectivity index (χ1n) is 14.4. The van der Waals surface area contributed by atoms with Gasteiger partial charge < -0.3 is 19.4 Å². The topological polar surface area (TPSA) is 177 Å². The third kappa shape index (κ3) is 9.49. The summed E-state index contributed by atoms with van der Waals surface area (Å²) in [6.45, 7) is 7.94. The number of rotatable bonds is 9. The first-order valence-corrected chi connectivity index (χ1v) is 15.9. The highest BCUT2D eigenvalue weighted by molar-refractivity contribution is 7.90. The molecule has 3 aromatic rings. The van der Waals surface area contributed by atoms with E-state index in [1.54, 1.807) is 49.8 Å². The number of halogens is 3. The number of nitrogens with one attached hydrogen (secondary N) is 1. The summed E-state index contributed by atoms with van der Waals surface area (Å²) in [6.07, 6.45) is -9.08. The Kier molecular flexibility index (Phi) is 10.4. The summed E-state index contributed by atoms with van der Waals surface area (Å²) in [6, 6.07) is 12.3. The summed E-state index contributed by atoms with van der Waals surface area (Å²) >= 11 is 0. The van der Waals surface area contributed by atoms with Crippen LogP contribution in [-0.4, -0.2) is 71.5 Å². The molecular weight excluding hydrogens is 665 g/mol. The predicted molar refractivity (Wildman–Crippen MR) is 159 cm³/mol. The highest BCUT2D eigenvalue weighted by atomic mass is 32.2. The number of ether oxygens (including phenoxy) is 3. The fraction of sp³-hybridized carbons (Fsp3) is 0.414. The molecule has 0 bridgehead atoms. The highest BCUT2D eigenvalue weighted by Gasteiger charge is 2.36. The molecule has 48 heavy (non-hydrogen) atoms. The van der Waals surface area contributed by atoms with Crippen LogP contribution in [0.1, 0.15) is 45.4 Å². The number of hydrazine groups is 1. The molecule has 0 saturated carbocycles. The summed E-state index contributed by atoms with van der Waals surface area (Å²) in [5.41, 5.74) is -0.315. The van der Waals surface area contributed by atoms with Crippen molar-refractivity contribution in [2.45, 2.75) is 70.1 Å². The molecule has 1 aliphatic heterocycles. The first kappa shape index (κ1) is 35.8. The monoisotopic (exact) mass is 698 g/mol. The number of amides is 1. The molecule has 1 fully saturated rings. The van der Waals surface area contributed by atoms with Crippen LogP contribution in [0.2, 0.25) is 0 Å². The molecule has 1 N–H and O–H groups in total. The molecule has 2 unspecified atom stereocenters. The largest absolute Gasteiger partial charge is 0.569 e. The van der Waals surface area contributed by atoms with E-state index in [-0.39, 0.29) is 40.8 Å². The molecule has 1 amide bonds. The Morgan fingerprint density at radius 1 is 1.10 bits per heavy atom. The van der Waals surface area contributed by atoms with Gasteiger partial charge in [-0.05, 0) is 58.0 Å². The zero-order chi connectivity index (χ0) is 35.4. The van der Waals surface area contributed by atoms with Crippen molar-refractivity contribution in [1.29, 1.82) is 0 Å². The molecule has 1 aromatic heterocycles. The Labute approximate surface area is 273 Å². The van der Waals surface area contributed by atoms with Crippen molar-refractivity contribution in [2.75, 3.05) is 13.1 Å². The molecular formula is C29H33F3N6O9S. The normalized spacial score (nSPS) is 16.3. The van der Waals surface area contributed by atoms with Crippen LogP contribution in [0, 0.1) is 12.1 Å². The van der Waals surface area contributed by atoms with E-state index >= 15 is 0 Å². The Balaban J connectivity index is 1.35. The second kappa shape index (κ2) is 14.0. The number of hydrogen-bond acceptors (Lipinski definition) is 11. The van der Waals surface area contributed by atoms with Crippen molar-refractivity contribution in [3.05, 3.63) is 71.1 Å². The van der Waals surface area contributed by atoms with E-state index in [0.29, 0.717) is 5.56 Å². The first-order chi connectivity index (χ1) is 22.3. The number of benzene rings is 2. The lowest BCUT2D eigenvalue weighted by Crippen LogP contribution is -2.36. The van der Waals surface area contributed by atoms with Gasteiger partial charge in [0.2, 0.25) is 5.28 Å². The van der Waals surface area contributed by atoms with Crippen LogP contribution >= 0.6 is 0 Å². The molecule has 260 valence electrons. The van der Waals surface area contributed by atoms with Gasteiger partial charge in [0.05, 0.1) is 27.8 Å². The molecule has 19 heteroatoms. The Hall–Kier alpha value is -5.07. The standard InChI is InChI=1S/C29H33F3N6O9S/c1-18-6-8-20(9-7-18)24-16-25(29(30,31)32)33-37(24)21-10-12-23(13-11-21)48(42,43)34-26(39)45-22-14-15-36(17-22)38(41)35-47-19(2)44-27(40)46-28(3,4)5/h6-13,16,19,22H,14-15,17H2,1-5H3,(H,34,39)/b38-35-. The highest BCUT2D eigenvalue weighted by Crippen LogP contribution is 2.33. The minimum absolute atomic E-state index is 0.0655. The van der Waals surface area contributed by atoms with Gasteiger partial charge in [-0.25, -0.2) is 27.4 Å². The van der Waals surface area contributed by atoms with Crippen LogP contribution in [0.15, 0.2) is 64.8 Å². The number of sulfonamides is 1. The molecule has 2 aromatic carbocycles. The summed E-state index contributed by atoms with van der Waals surface area (Å²) < 4.78 is 84.0. The Bertz CT molecular complexity index is 1760. The number of carbonyl (C=O) groups is 2. The molecule has 1 saturated heterocycles. The predicted octanol–water partition coefficient (Wildman–Crippen LogP) is 5.46. The molecule has 4 rings (SSSR count). The van der Waals surface area contributed by atoms with Gasteiger partial charge in [-0.15, -0.1) is 5.01 Å². The van der Waals surface area contributed by atoms with Gasteiger partial charge in [0.25, 0.3) is 16.3 Å². The van der Waals surface area contributed by atoms with Crippen LogP contribution in [0.25, 0.3) is 16.9 Å². The summed E-state index contributed by atoms with van der Waals surface area (Å²) in [7, 11) is -4.46. The van der Waals surface area contributed by atoms with Gasteiger partial charge in [0.15, 0.2) is 5.69 Å². The van der Waals surface area contributed by atoms with Crippen molar-refractivity contribution >= 4 is 22.3 Å². The van der Waals surface area contributed by atoms with E-state index in [2.05, 4.69) is 10.4 Å². The number of aromatic nitrogens is 2. The average molecular weight is 699 g/mol. The second-order valence-electron chi connectivity index (χ2n) is 11.6. The van der Waals surface area contributed by atoms with Crippen molar-refractivity contribution in [3.8, 4) is 16.9 Å². The smallest absolute Gasteiger partial charge is 0.511 e. The van der Waals surface area contributed by atoms with Crippen LogP contribution in [0.4, 0.5) is 22.8 Å². The number of carbonyl (C=O) groups excluding carboxylic acids is 2. The van der Waals surface area contributed by atoms with Crippen molar-refractivity contribution in [3.63, 3.8) is 0 Å². The van der Waals surface area contributed by atoms with Gasteiger partial charge in [0.1, 0.15) is 18.2 Å². The lowest BCUT2D eigenvalue weighted by molar-refractivity contribution is -0.709. The maximum Gasteiger partial charge on any atom is 0.511 e. The fourth-order valence-corrected chi connectivity index (χ4v) is 5.19. The minimum Gasteiger partial charge on any atom is -0.569 e. The third-order valence-corrected chi connectivity index (χ3v) is 7.84. The molecule has 0 aliphatic carbocycles. The van der Waals surface area contributed by atoms with E-state index < -0.39 is 52.1 Å².